The summed E-state index contributed by atoms with van der Waals surface area (Å²) in [4.78, 5) is 10.9. The highest BCUT2D eigenvalue weighted by atomic mass is 32.2. The quantitative estimate of drug-likeness (QED) is 0.857. The lowest BCUT2D eigenvalue weighted by molar-refractivity contribution is -0.137. The Labute approximate surface area is 120 Å². The SMILES string of the molecule is O=C(O)C[C@H](NS(=O)(=O)c1cccs1)c1ccccc1. The number of aliphatic carboxylic acids is 1. The van der Waals surface area contributed by atoms with Gasteiger partial charge >= 0.3 is 5.97 Å². The molecule has 0 fully saturated rings. The molecular weight excluding hydrogens is 298 g/mol. The van der Waals surface area contributed by atoms with Gasteiger partial charge in [0.25, 0.3) is 10.0 Å². The Balaban J connectivity index is 2.27. The minimum absolute atomic E-state index is 0.170. The minimum atomic E-state index is -3.70. The van der Waals surface area contributed by atoms with Crippen LogP contribution in [0, 0.1) is 0 Å². The van der Waals surface area contributed by atoms with Gasteiger partial charge in [0.15, 0.2) is 0 Å². The van der Waals surface area contributed by atoms with Crippen LogP contribution in [-0.2, 0) is 14.8 Å². The van der Waals surface area contributed by atoms with Gasteiger partial charge in [-0.3, -0.25) is 4.79 Å². The Kier molecular flexibility index (Phi) is 4.53. The molecule has 1 atom stereocenters. The van der Waals surface area contributed by atoms with E-state index in [0.717, 1.165) is 11.3 Å². The van der Waals surface area contributed by atoms with Crippen LogP contribution in [0.1, 0.15) is 18.0 Å². The van der Waals surface area contributed by atoms with E-state index in [4.69, 9.17) is 5.11 Å². The summed E-state index contributed by atoms with van der Waals surface area (Å²) in [6.45, 7) is 0. The van der Waals surface area contributed by atoms with E-state index in [9.17, 15) is 13.2 Å². The van der Waals surface area contributed by atoms with Crippen molar-refractivity contribution in [2.45, 2.75) is 16.7 Å². The summed E-state index contributed by atoms with van der Waals surface area (Å²) in [5, 5.41) is 10.6. The molecular formula is C13H13NO4S2. The van der Waals surface area contributed by atoms with E-state index in [1.54, 1.807) is 41.8 Å². The van der Waals surface area contributed by atoms with Crippen molar-refractivity contribution in [1.82, 2.24) is 4.72 Å². The number of thiophene rings is 1. The van der Waals surface area contributed by atoms with E-state index >= 15 is 0 Å². The summed E-state index contributed by atoms with van der Waals surface area (Å²) in [6, 6.07) is 11.0. The number of carboxylic acid groups (broad SMARTS) is 1. The average Bonchev–Trinajstić information content (AvgIpc) is 2.93. The molecule has 7 heteroatoms. The first-order valence-corrected chi connectivity index (χ1v) is 8.18. The summed E-state index contributed by atoms with van der Waals surface area (Å²) >= 11 is 1.09. The first-order chi connectivity index (χ1) is 9.49. The molecule has 2 aromatic rings. The molecule has 0 saturated carbocycles. The Hall–Kier alpha value is -1.70. The van der Waals surface area contributed by atoms with Crippen LogP contribution in [0.4, 0.5) is 0 Å². The molecule has 0 aliphatic carbocycles. The molecule has 2 rings (SSSR count). The van der Waals surface area contributed by atoms with Crippen molar-refractivity contribution in [1.29, 1.82) is 0 Å². The molecule has 1 aromatic heterocycles. The molecule has 0 spiro atoms. The highest BCUT2D eigenvalue weighted by Crippen LogP contribution is 2.22. The first-order valence-electron chi connectivity index (χ1n) is 5.81. The van der Waals surface area contributed by atoms with Crippen molar-refractivity contribution in [3.63, 3.8) is 0 Å². The molecule has 2 N–H and O–H groups in total. The van der Waals surface area contributed by atoms with Gasteiger partial charge in [-0.2, -0.15) is 0 Å². The number of carboxylic acids is 1. The van der Waals surface area contributed by atoms with Crippen molar-refractivity contribution in [2.75, 3.05) is 0 Å². The number of sulfonamides is 1. The van der Waals surface area contributed by atoms with Crippen molar-refractivity contribution in [3.05, 3.63) is 53.4 Å². The van der Waals surface area contributed by atoms with Gasteiger partial charge in [0.2, 0.25) is 0 Å². The summed E-state index contributed by atoms with van der Waals surface area (Å²) in [5.41, 5.74) is 0.620. The third kappa shape index (κ3) is 3.66. The van der Waals surface area contributed by atoms with Crippen molar-refractivity contribution in [2.24, 2.45) is 0 Å². The molecule has 0 aliphatic rings. The van der Waals surface area contributed by atoms with Gasteiger partial charge in [-0.25, -0.2) is 13.1 Å². The van der Waals surface area contributed by atoms with Crippen LogP contribution in [-0.4, -0.2) is 19.5 Å². The summed E-state index contributed by atoms with van der Waals surface area (Å²) in [6.07, 6.45) is -0.311. The highest BCUT2D eigenvalue weighted by molar-refractivity contribution is 7.91. The fourth-order valence-electron chi connectivity index (χ4n) is 1.75. The van der Waals surface area contributed by atoms with E-state index < -0.39 is 22.0 Å². The predicted octanol–water partition coefficient (Wildman–Crippen LogP) is 2.24. The van der Waals surface area contributed by atoms with E-state index in [0.29, 0.717) is 5.56 Å². The zero-order valence-corrected chi connectivity index (χ0v) is 12.0. The Morgan fingerprint density at radius 1 is 1.20 bits per heavy atom. The van der Waals surface area contributed by atoms with Gasteiger partial charge in [0, 0.05) is 0 Å². The number of nitrogens with one attached hydrogen (secondary N) is 1. The number of benzene rings is 1. The van der Waals surface area contributed by atoms with Crippen LogP contribution in [0.15, 0.2) is 52.1 Å². The third-order valence-electron chi connectivity index (χ3n) is 2.64. The van der Waals surface area contributed by atoms with E-state index in [1.165, 1.54) is 6.07 Å². The lowest BCUT2D eigenvalue weighted by atomic mass is 10.1. The molecule has 20 heavy (non-hydrogen) atoms. The molecule has 0 aliphatic heterocycles. The van der Waals surface area contributed by atoms with Crippen LogP contribution in [0.25, 0.3) is 0 Å². The number of carbonyl (C=O) groups is 1. The second-order valence-corrected chi connectivity index (χ2v) is 7.00. The van der Waals surface area contributed by atoms with E-state index in [2.05, 4.69) is 4.72 Å². The minimum Gasteiger partial charge on any atom is -0.481 e. The van der Waals surface area contributed by atoms with Gasteiger partial charge < -0.3 is 5.11 Å². The second kappa shape index (κ2) is 6.17. The van der Waals surface area contributed by atoms with Crippen LogP contribution < -0.4 is 4.72 Å². The molecule has 5 nitrogen and oxygen atoms in total. The van der Waals surface area contributed by atoms with Crippen LogP contribution in [0.5, 0.6) is 0 Å². The number of rotatable bonds is 6. The van der Waals surface area contributed by atoms with Gasteiger partial charge in [-0.15, -0.1) is 11.3 Å². The molecule has 1 aromatic carbocycles. The van der Waals surface area contributed by atoms with E-state index in [1.807, 2.05) is 0 Å². The van der Waals surface area contributed by atoms with Gasteiger partial charge in [-0.05, 0) is 17.0 Å². The summed E-state index contributed by atoms with van der Waals surface area (Å²) < 4.78 is 26.9. The second-order valence-electron chi connectivity index (χ2n) is 4.11. The zero-order chi connectivity index (χ0) is 14.6. The van der Waals surface area contributed by atoms with E-state index in [-0.39, 0.29) is 10.6 Å². The summed E-state index contributed by atoms with van der Waals surface area (Å²) in [7, 11) is -3.70. The Morgan fingerprint density at radius 3 is 2.45 bits per heavy atom. The Morgan fingerprint density at radius 2 is 1.90 bits per heavy atom. The lowest BCUT2D eigenvalue weighted by Gasteiger charge is -2.16. The monoisotopic (exact) mass is 311 g/mol. The lowest BCUT2D eigenvalue weighted by Crippen LogP contribution is -2.29. The fourth-order valence-corrected chi connectivity index (χ4v) is 3.98. The largest absolute Gasteiger partial charge is 0.481 e. The van der Waals surface area contributed by atoms with Crippen LogP contribution >= 0.6 is 11.3 Å². The Bertz CT molecular complexity index is 666. The maximum absolute atomic E-state index is 12.2. The van der Waals surface area contributed by atoms with Crippen molar-refractivity contribution < 1.29 is 18.3 Å². The van der Waals surface area contributed by atoms with Crippen molar-refractivity contribution in [3.8, 4) is 0 Å². The topological polar surface area (TPSA) is 83.5 Å². The van der Waals surface area contributed by atoms with Gasteiger partial charge in [0.1, 0.15) is 4.21 Å². The average molecular weight is 311 g/mol. The molecule has 0 saturated heterocycles. The third-order valence-corrected chi connectivity index (χ3v) is 5.51. The van der Waals surface area contributed by atoms with Gasteiger partial charge in [0.05, 0.1) is 12.5 Å². The van der Waals surface area contributed by atoms with Crippen molar-refractivity contribution >= 4 is 27.3 Å². The zero-order valence-electron chi connectivity index (χ0n) is 10.4. The smallest absolute Gasteiger partial charge is 0.305 e. The van der Waals surface area contributed by atoms with Crippen LogP contribution in [0.2, 0.25) is 0 Å². The molecule has 0 radical (unpaired) electrons. The van der Waals surface area contributed by atoms with Gasteiger partial charge in [-0.1, -0.05) is 36.4 Å². The standard InChI is InChI=1S/C13H13NO4S2/c15-12(16)9-11(10-5-2-1-3-6-10)14-20(17,18)13-7-4-8-19-13/h1-8,11,14H,9H2,(H,15,16)/t11-/m0/s1. The summed E-state index contributed by atoms with van der Waals surface area (Å²) in [5.74, 6) is -1.06. The molecule has 0 bridgehead atoms. The molecule has 1 heterocycles. The maximum atomic E-state index is 12.2. The molecule has 0 amide bonds. The predicted molar refractivity (Wildman–Crippen MR) is 76.1 cm³/mol. The number of hydrogen-bond acceptors (Lipinski definition) is 4. The molecule has 0 unspecified atom stereocenters. The molecule has 106 valence electrons. The highest BCUT2D eigenvalue weighted by Gasteiger charge is 2.24. The number of hydrogen-bond donors (Lipinski definition) is 2. The normalized spacial score (nSPS) is 13.0. The fraction of sp³-hybridized carbons (Fsp3) is 0.154. The van der Waals surface area contributed by atoms with Crippen LogP contribution in [0.3, 0.4) is 0 Å². The maximum Gasteiger partial charge on any atom is 0.305 e. The first kappa shape index (κ1) is 14.7.